The number of carbonyl (C=O) groups is 1. The first-order valence-electron chi connectivity index (χ1n) is 7.84. The van der Waals surface area contributed by atoms with Crippen LogP contribution in [0.5, 0.6) is 17.2 Å². The lowest BCUT2D eigenvalue weighted by Crippen LogP contribution is -2.55. The zero-order valence-corrected chi connectivity index (χ0v) is 14.3. The largest absolute Gasteiger partial charge is 0.493 e. The number of carbonyl (C=O) groups excluding carboxylic acids is 1. The second kappa shape index (κ2) is 7.08. The van der Waals surface area contributed by atoms with Crippen LogP contribution in [-0.2, 0) is 4.79 Å². The van der Waals surface area contributed by atoms with Gasteiger partial charge >= 0.3 is 0 Å². The minimum Gasteiger partial charge on any atom is -0.493 e. The monoisotopic (exact) mass is 322 g/mol. The van der Waals surface area contributed by atoms with E-state index in [2.05, 4.69) is 0 Å². The Morgan fingerprint density at radius 3 is 2.00 bits per heavy atom. The molecule has 0 bridgehead atoms. The van der Waals surface area contributed by atoms with Crippen molar-refractivity contribution in [3.05, 3.63) is 12.1 Å². The maximum atomic E-state index is 12.9. The molecule has 0 saturated heterocycles. The summed E-state index contributed by atoms with van der Waals surface area (Å²) >= 11 is 0. The van der Waals surface area contributed by atoms with Crippen LogP contribution < -0.4 is 24.8 Å². The van der Waals surface area contributed by atoms with E-state index in [0.29, 0.717) is 22.9 Å². The van der Waals surface area contributed by atoms with Crippen molar-refractivity contribution in [2.45, 2.75) is 37.6 Å². The highest BCUT2D eigenvalue weighted by Gasteiger charge is 2.38. The lowest BCUT2D eigenvalue weighted by atomic mass is 9.81. The number of benzene rings is 1. The van der Waals surface area contributed by atoms with Gasteiger partial charge in [-0.2, -0.15) is 0 Å². The molecule has 0 heterocycles. The van der Waals surface area contributed by atoms with Gasteiger partial charge in [0.15, 0.2) is 11.5 Å². The molecule has 0 unspecified atom stereocenters. The third-order valence-corrected chi connectivity index (χ3v) is 4.51. The van der Waals surface area contributed by atoms with Gasteiger partial charge in [-0.05, 0) is 12.8 Å². The number of ether oxygens (including phenoxy) is 3. The van der Waals surface area contributed by atoms with Crippen LogP contribution in [0.15, 0.2) is 12.1 Å². The van der Waals surface area contributed by atoms with Crippen LogP contribution in [0.3, 0.4) is 0 Å². The summed E-state index contributed by atoms with van der Waals surface area (Å²) in [4.78, 5) is 14.4. The molecule has 1 saturated carbocycles. The van der Waals surface area contributed by atoms with E-state index < -0.39 is 5.54 Å². The van der Waals surface area contributed by atoms with Crippen LogP contribution in [0.1, 0.15) is 32.1 Å². The topological polar surface area (TPSA) is 74.0 Å². The molecule has 1 aromatic carbocycles. The highest BCUT2D eigenvalue weighted by atomic mass is 16.5. The zero-order chi connectivity index (χ0) is 17.0. The van der Waals surface area contributed by atoms with Crippen molar-refractivity contribution < 1.29 is 19.0 Å². The standard InChI is InChI=1S/C17H26N2O4/c1-19(16(20)17(18)8-6-5-7-9-17)12-10-13(21-2)15(23-4)14(11-12)22-3/h10-11H,5-9,18H2,1-4H3. The minimum absolute atomic E-state index is 0.0773. The Hall–Kier alpha value is -1.95. The normalized spacial score (nSPS) is 16.6. The Morgan fingerprint density at radius 1 is 1.04 bits per heavy atom. The number of anilines is 1. The molecule has 1 amide bonds. The van der Waals surface area contributed by atoms with Gasteiger partial charge in [0.05, 0.1) is 32.6 Å². The molecule has 23 heavy (non-hydrogen) atoms. The molecule has 128 valence electrons. The summed E-state index contributed by atoms with van der Waals surface area (Å²) in [5.74, 6) is 1.44. The molecule has 0 radical (unpaired) electrons. The second-order valence-electron chi connectivity index (χ2n) is 5.96. The fourth-order valence-electron chi connectivity index (χ4n) is 3.11. The predicted octanol–water partition coefficient (Wildman–Crippen LogP) is 2.34. The summed E-state index contributed by atoms with van der Waals surface area (Å²) in [6, 6.07) is 3.51. The van der Waals surface area contributed by atoms with Gasteiger partial charge in [0.2, 0.25) is 11.7 Å². The van der Waals surface area contributed by atoms with Crippen LogP contribution in [0.4, 0.5) is 5.69 Å². The van der Waals surface area contributed by atoms with Crippen LogP contribution in [0, 0.1) is 0 Å². The van der Waals surface area contributed by atoms with Gasteiger partial charge in [0.25, 0.3) is 0 Å². The van der Waals surface area contributed by atoms with E-state index in [4.69, 9.17) is 19.9 Å². The highest BCUT2D eigenvalue weighted by molar-refractivity contribution is 6.00. The molecule has 1 fully saturated rings. The molecule has 2 rings (SSSR count). The minimum atomic E-state index is -0.784. The maximum absolute atomic E-state index is 12.9. The molecule has 1 aliphatic carbocycles. The van der Waals surface area contributed by atoms with Crippen molar-refractivity contribution in [1.82, 2.24) is 0 Å². The summed E-state index contributed by atoms with van der Waals surface area (Å²) in [6.07, 6.45) is 4.57. The van der Waals surface area contributed by atoms with Gasteiger partial charge in [0, 0.05) is 19.2 Å². The Bertz CT molecular complexity index is 543. The van der Waals surface area contributed by atoms with Crippen molar-refractivity contribution in [3.8, 4) is 17.2 Å². The quantitative estimate of drug-likeness (QED) is 0.900. The SMILES string of the molecule is COc1cc(N(C)C(=O)C2(N)CCCCC2)cc(OC)c1OC. The molecule has 1 aliphatic rings. The lowest BCUT2D eigenvalue weighted by molar-refractivity contribution is -0.124. The highest BCUT2D eigenvalue weighted by Crippen LogP contribution is 2.41. The van der Waals surface area contributed by atoms with Crippen LogP contribution in [0.2, 0.25) is 0 Å². The first kappa shape index (κ1) is 17.4. The van der Waals surface area contributed by atoms with E-state index in [1.807, 2.05) is 0 Å². The van der Waals surface area contributed by atoms with E-state index in [1.165, 1.54) is 0 Å². The van der Waals surface area contributed by atoms with Gasteiger partial charge in [-0.15, -0.1) is 0 Å². The summed E-state index contributed by atoms with van der Waals surface area (Å²) in [5.41, 5.74) is 6.24. The Morgan fingerprint density at radius 2 is 1.57 bits per heavy atom. The van der Waals surface area contributed by atoms with Crippen molar-refractivity contribution in [1.29, 1.82) is 0 Å². The molecular weight excluding hydrogens is 296 g/mol. The molecular formula is C17H26N2O4. The van der Waals surface area contributed by atoms with E-state index in [-0.39, 0.29) is 5.91 Å². The number of methoxy groups -OCH3 is 3. The summed E-state index contributed by atoms with van der Waals surface area (Å²) in [6.45, 7) is 0. The number of hydrogen-bond donors (Lipinski definition) is 1. The number of rotatable bonds is 5. The smallest absolute Gasteiger partial charge is 0.246 e. The Balaban J connectivity index is 2.34. The van der Waals surface area contributed by atoms with E-state index in [0.717, 1.165) is 32.1 Å². The van der Waals surface area contributed by atoms with Crippen molar-refractivity contribution in [2.24, 2.45) is 5.73 Å². The average molecular weight is 322 g/mol. The van der Waals surface area contributed by atoms with E-state index in [9.17, 15) is 4.79 Å². The molecule has 0 atom stereocenters. The van der Waals surface area contributed by atoms with E-state index >= 15 is 0 Å². The van der Waals surface area contributed by atoms with Crippen molar-refractivity contribution in [3.63, 3.8) is 0 Å². The van der Waals surface area contributed by atoms with Gasteiger partial charge < -0.3 is 24.8 Å². The number of nitrogens with zero attached hydrogens (tertiary/aromatic N) is 1. The number of hydrogen-bond acceptors (Lipinski definition) is 5. The number of amides is 1. The second-order valence-corrected chi connectivity index (χ2v) is 5.96. The first-order chi connectivity index (χ1) is 11.0. The molecule has 6 nitrogen and oxygen atoms in total. The fraction of sp³-hybridized carbons (Fsp3) is 0.588. The van der Waals surface area contributed by atoms with E-state index in [1.54, 1.807) is 45.4 Å². The summed E-state index contributed by atoms with van der Waals surface area (Å²) in [5, 5.41) is 0. The van der Waals surface area contributed by atoms with Gasteiger partial charge in [0.1, 0.15) is 0 Å². The predicted molar refractivity (Wildman–Crippen MR) is 89.5 cm³/mol. The third kappa shape index (κ3) is 3.37. The van der Waals surface area contributed by atoms with Crippen LogP contribution in [0.25, 0.3) is 0 Å². The Labute approximate surface area is 137 Å². The molecule has 6 heteroatoms. The lowest BCUT2D eigenvalue weighted by Gasteiger charge is -2.35. The van der Waals surface area contributed by atoms with Crippen LogP contribution >= 0.6 is 0 Å². The van der Waals surface area contributed by atoms with Gasteiger partial charge in [-0.3, -0.25) is 4.79 Å². The fourth-order valence-corrected chi connectivity index (χ4v) is 3.11. The average Bonchev–Trinajstić information content (AvgIpc) is 2.59. The van der Waals surface area contributed by atoms with Crippen molar-refractivity contribution >= 4 is 11.6 Å². The maximum Gasteiger partial charge on any atom is 0.246 e. The molecule has 0 spiro atoms. The van der Waals surface area contributed by atoms with Gasteiger partial charge in [-0.25, -0.2) is 0 Å². The number of likely N-dealkylation sites (N-methyl/N-ethyl adjacent to an activating group) is 1. The number of nitrogens with two attached hydrogens (primary N) is 1. The molecule has 1 aromatic rings. The zero-order valence-electron chi connectivity index (χ0n) is 14.3. The van der Waals surface area contributed by atoms with Gasteiger partial charge in [-0.1, -0.05) is 19.3 Å². The summed E-state index contributed by atoms with van der Waals surface area (Å²) in [7, 11) is 6.38. The molecule has 2 N–H and O–H groups in total. The molecule has 0 aromatic heterocycles. The van der Waals surface area contributed by atoms with Crippen molar-refractivity contribution in [2.75, 3.05) is 33.3 Å². The van der Waals surface area contributed by atoms with Crippen LogP contribution in [-0.4, -0.2) is 39.8 Å². The third-order valence-electron chi connectivity index (χ3n) is 4.51. The summed E-state index contributed by atoms with van der Waals surface area (Å²) < 4.78 is 16.0. The first-order valence-corrected chi connectivity index (χ1v) is 7.84. The molecule has 0 aliphatic heterocycles. The Kier molecular flexibility index (Phi) is 5.36.